The Morgan fingerprint density at radius 3 is 2.63 bits per heavy atom. The van der Waals surface area contributed by atoms with Crippen molar-refractivity contribution in [1.29, 1.82) is 0 Å². The van der Waals surface area contributed by atoms with Crippen molar-refractivity contribution in [2.45, 2.75) is 26.0 Å². The number of hydrogen-bond acceptors (Lipinski definition) is 5. The third kappa shape index (κ3) is 4.61. The van der Waals surface area contributed by atoms with Gasteiger partial charge in [-0.25, -0.2) is 9.79 Å². The van der Waals surface area contributed by atoms with Crippen molar-refractivity contribution in [2.75, 3.05) is 0 Å². The highest BCUT2D eigenvalue weighted by atomic mass is 16.5. The van der Waals surface area contributed by atoms with Gasteiger partial charge in [-0.2, -0.15) is 0 Å². The van der Waals surface area contributed by atoms with Gasteiger partial charge in [0.1, 0.15) is 18.5 Å². The fraction of sp³-hybridized carbons (Fsp3) is 0.190. The predicted molar refractivity (Wildman–Crippen MR) is 104 cm³/mol. The van der Waals surface area contributed by atoms with Crippen LogP contribution in [0.2, 0.25) is 0 Å². The molecule has 3 N–H and O–H groups in total. The number of amidine groups is 1. The smallest absolute Gasteiger partial charge is 0.328 e. The molecular formula is C21H21N3O3. The SMILES string of the molecule is CC(NC(=O)C1=CCC(N)=Nc2ccccc21)C(=O)OCc1ccccc1. The first kappa shape index (κ1) is 18.4. The summed E-state index contributed by atoms with van der Waals surface area (Å²) in [4.78, 5) is 29.3. The Bertz CT molecular complexity index is 904. The molecule has 1 aliphatic rings. The molecule has 0 spiro atoms. The Morgan fingerprint density at radius 1 is 1.15 bits per heavy atom. The van der Waals surface area contributed by atoms with Crippen LogP contribution in [-0.4, -0.2) is 23.8 Å². The maximum atomic E-state index is 12.7. The minimum absolute atomic E-state index is 0.162. The van der Waals surface area contributed by atoms with E-state index in [1.165, 1.54) is 0 Å². The largest absolute Gasteiger partial charge is 0.459 e. The topological polar surface area (TPSA) is 93.8 Å². The maximum Gasteiger partial charge on any atom is 0.328 e. The van der Waals surface area contributed by atoms with Gasteiger partial charge in [0.2, 0.25) is 0 Å². The number of amides is 1. The summed E-state index contributed by atoms with van der Waals surface area (Å²) in [6.07, 6.45) is 2.09. The second-order valence-electron chi connectivity index (χ2n) is 6.23. The first-order valence-electron chi connectivity index (χ1n) is 8.68. The van der Waals surface area contributed by atoms with Gasteiger partial charge in [0.25, 0.3) is 5.91 Å². The summed E-state index contributed by atoms with van der Waals surface area (Å²) in [5.74, 6) is -0.428. The number of aliphatic imine (C=N–C) groups is 1. The summed E-state index contributed by atoms with van der Waals surface area (Å²) in [6.45, 7) is 1.76. The van der Waals surface area contributed by atoms with Gasteiger partial charge in [0.15, 0.2) is 0 Å². The van der Waals surface area contributed by atoms with Crippen LogP contribution in [0.15, 0.2) is 65.7 Å². The lowest BCUT2D eigenvalue weighted by atomic mass is 10.0. The molecular weight excluding hydrogens is 342 g/mol. The molecule has 0 radical (unpaired) electrons. The summed E-state index contributed by atoms with van der Waals surface area (Å²) in [6, 6.07) is 15.9. The van der Waals surface area contributed by atoms with Gasteiger partial charge in [-0.15, -0.1) is 0 Å². The van der Waals surface area contributed by atoms with E-state index >= 15 is 0 Å². The molecule has 138 valence electrons. The van der Waals surface area contributed by atoms with Crippen molar-refractivity contribution in [3.63, 3.8) is 0 Å². The zero-order chi connectivity index (χ0) is 19.2. The Hall–Kier alpha value is -3.41. The van der Waals surface area contributed by atoms with E-state index in [9.17, 15) is 9.59 Å². The molecule has 6 nitrogen and oxygen atoms in total. The molecule has 6 heteroatoms. The summed E-state index contributed by atoms with van der Waals surface area (Å²) >= 11 is 0. The van der Waals surface area contributed by atoms with Gasteiger partial charge >= 0.3 is 5.97 Å². The number of nitrogens with zero attached hydrogens (tertiary/aromatic N) is 1. The van der Waals surface area contributed by atoms with Gasteiger partial charge in [0, 0.05) is 17.6 Å². The van der Waals surface area contributed by atoms with Crippen LogP contribution in [0.3, 0.4) is 0 Å². The lowest BCUT2D eigenvalue weighted by Gasteiger charge is -2.15. The third-order valence-corrected chi connectivity index (χ3v) is 4.14. The average Bonchev–Trinajstić information content (AvgIpc) is 2.85. The standard InChI is InChI=1S/C21H21N3O3/c1-14(21(26)27-13-15-7-3-2-4-8-15)23-20(25)17-11-12-19(22)24-18-10-6-5-9-16(17)18/h2-11,14H,12-13H2,1H3,(H2,22,24)(H,23,25). The summed E-state index contributed by atoms with van der Waals surface area (Å²) in [7, 11) is 0. The molecule has 1 aliphatic heterocycles. The number of nitrogens with one attached hydrogen (secondary N) is 1. The lowest BCUT2D eigenvalue weighted by Crippen LogP contribution is -2.39. The number of fused-ring (bicyclic) bond motifs is 1. The van der Waals surface area contributed by atoms with Gasteiger partial charge in [-0.05, 0) is 18.6 Å². The number of nitrogens with two attached hydrogens (primary N) is 1. The van der Waals surface area contributed by atoms with Crippen molar-refractivity contribution in [3.05, 3.63) is 71.8 Å². The van der Waals surface area contributed by atoms with E-state index in [1.54, 1.807) is 25.1 Å². The van der Waals surface area contributed by atoms with E-state index in [4.69, 9.17) is 10.5 Å². The second kappa shape index (κ2) is 8.31. The molecule has 1 heterocycles. The molecule has 1 atom stereocenters. The first-order valence-corrected chi connectivity index (χ1v) is 8.68. The lowest BCUT2D eigenvalue weighted by molar-refractivity contribution is -0.148. The maximum absolute atomic E-state index is 12.7. The highest BCUT2D eigenvalue weighted by molar-refractivity contribution is 6.22. The van der Waals surface area contributed by atoms with E-state index in [0.717, 1.165) is 5.56 Å². The Kier molecular flexibility index (Phi) is 5.66. The number of para-hydroxylation sites is 1. The number of esters is 1. The minimum Gasteiger partial charge on any atom is -0.459 e. The quantitative estimate of drug-likeness (QED) is 0.799. The zero-order valence-corrected chi connectivity index (χ0v) is 15.0. The molecule has 3 rings (SSSR count). The van der Waals surface area contributed by atoms with Crippen molar-refractivity contribution in [2.24, 2.45) is 10.7 Å². The third-order valence-electron chi connectivity index (χ3n) is 4.14. The number of ether oxygens (including phenoxy) is 1. The van der Waals surface area contributed by atoms with Gasteiger partial charge in [-0.3, -0.25) is 4.79 Å². The number of benzene rings is 2. The van der Waals surface area contributed by atoms with Crippen LogP contribution in [-0.2, 0) is 20.9 Å². The number of rotatable bonds is 5. The zero-order valence-electron chi connectivity index (χ0n) is 15.0. The van der Waals surface area contributed by atoms with Gasteiger partial charge in [0.05, 0.1) is 5.69 Å². The van der Waals surface area contributed by atoms with Crippen molar-refractivity contribution >= 4 is 29.0 Å². The summed E-state index contributed by atoms with van der Waals surface area (Å²) in [5, 5.41) is 2.70. The van der Waals surface area contributed by atoms with E-state index in [1.807, 2.05) is 42.5 Å². The fourth-order valence-corrected chi connectivity index (χ4v) is 2.72. The van der Waals surface area contributed by atoms with E-state index < -0.39 is 12.0 Å². The summed E-state index contributed by atoms with van der Waals surface area (Å²) in [5.41, 5.74) is 8.50. The predicted octanol–water partition coefficient (Wildman–Crippen LogP) is 2.71. The van der Waals surface area contributed by atoms with Crippen molar-refractivity contribution < 1.29 is 14.3 Å². The minimum atomic E-state index is -0.782. The van der Waals surface area contributed by atoms with E-state index in [-0.39, 0.29) is 12.5 Å². The first-order chi connectivity index (χ1) is 13.0. The van der Waals surface area contributed by atoms with Crippen LogP contribution in [0.25, 0.3) is 5.57 Å². The number of hydrogen-bond donors (Lipinski definition) is 2. The second-order valence-corrected chi connectivity index (χ2v) is 6.23. The van der Waals surface area contributed by atoms with Crippen LogP contribution in [0, 0.1) is 0 Å². The Balaban J connectivity index is 1.65. The molecule has 0 aliphatic carbocycles. The average molecular weight is 363 g/mol. The Labute approximate surface area is 157 Å². The van der Waals surface area contributed by atoms with Crippen LogP contribution >= 0.6 is 0 Å². The molecule has 27 heavy (non-hydrogen) atoms. The normalized spacial score (nSPS) is 14.1. The Morgan fingerprint density at radius 2 is 1.85 bits per heavy atom. The molecule has 1 amide bonds. The fourth-order valence-electron chi connectivity index (χ4n) is 2.72. The molecule has 2 aromatic carbocycles. The van der Waals surface area contributed by atoms with Crippen LogP contribution in [0.5, 0.6) is 0 Å². The van der Waals surface area contributed by atoms with E-state index in [0.29, 0.717) is 29.1 Å². The highest BCUT2D eigenvalue weighted by Gasteiger charge is 2.22. The monoisotopic (exact) mass is 363 g/mol. The number of carbonyl (C=O) groups excluding carboxylic acids is 2. The van der Waals surface area contributed by atoms with E-state index in [2.05, 4.69) is 10.3 Å². The summed E-state index contributed by atoms with van der Waals surface area (Å²) < 4.78 is 5.27. The highest BCUT2D eigenvalue weighted by Crippen LogP contribution is 2.29. The van der Waals surface area contributed by atoms with Gasteiger partial charge < -0.3 is 15.8 Å². The van der Waals surface area contributed by atoms with Gasteiger partial charge in [-0.1, -0.05) is 54.6 Å². The molecule has 0 fully saturated rings. The van der Waals surface area contributed by atoms with Crippen LogP contribution in [0.1, 0.15) is 24.5 Å². The molecule has 0 saturated heterocycles. The number of carbonyl (C=O) groups is 2. The molecule has 0 saturated carbocycles. The molecule has 0 bridgehead atoms. The molecule has 1 unspecified atom stereocenters. The van der Waals surface area contributed by atoms with Crippen LogP contribution < -0.4 is 11.1 Å². The van der Waals surface area contributed by atoms with Crippen LogP contribution in [0.4, 0.5) is 5.69 Å². The molecule has 2 aromatic rings. The molecule has 0 aromatic heterocycles. The van der Waals surface area contributed by atoms with Crippen molar-refractivity contribution in [3.8, 4) is 0 Å². The van der Waals surface area contributed by atoms with Crippen molar-refractivity contribution in [1.82, 2.24) is 5.32 Å².